The summed E-state index contributed by atoms with van der Waals surface area (Å²) in [4.78, 5) is 12.5. The van der Waals surface area contributed by atoms with Gasteiger partial charge in [0.2, 0.25) is 15.9 Å². The van der Waals surface area contributed by atoms with E-state index in [1.54, 1.807) is 30.3 Å². The van der Waals surface area contributed by atoms with Gasteiger partial charge in [0.15, 0.2) is 0 Å². The lowest BCUT2D eigenvalue weighted by molar-refractivity contribution is -0.111. The molecule has 3 rings (SSSR count). The molecule has 9 heteroatoms. The maximum absolute atomic E-state index is 13.0. The summed E-state index contributed by atoms with van der Waals surface area (Å²) < 4.78 is 37.8. The van der Waals surface area contributed by atoms with Crippen LogP contribution in [0, 0.1) is 0 Å². The third kappa shape index (κ3) is 5.71. The van der Waals surface area contributed by atoms with Crippen LogP contribution in [0.5, 0.6) is 0 Å². The normalized spacial score (nSPS) is 15.4. The summed E-state index contributed by atoms with van der Waals surface area (Å²) in [5, 5.41) is 6.04. The summed E-state index contributed by atoms with van der Waals surface area (Å²) in [6, 6.07) is 8.21. The van der Waals surface area contributed by atoms with Crippen LogP contribution in [0.1, 0.15) is 25.5 Å². The van der Waals surface area contributed by atoms with Crippen LogP contribution in [0.2, 0.25) is 0 Å². The molecular weight excluding hydrogens is 406 g/mol. The van der Waals surface area contributed by atoms with E-state index in [1.165, 1.54) is 22.7 Å². The van der Waals surface area contributed by atoms with Gasteiger partial charge in [-0.2, -0.15) is 4.31 Å². The van der Waals surface area contributed by atoms with Crippen molar-refractivity contribution in [3.63, 3.8) is 0 Å². The van der Waals surface area contributed by atoms with Gasteiger partial charge in [-0.3, -0.25) is 4.79 Å². The molecule has 0 unspecified atom stereocenters. The molecule has 0 saturated carbocycles. The summed E-state index contributed by atoms with van der Waals surface area (Å²) >= 11 is 0. The van der Waals surface area contributed by atoms with E-state index >= 15 is 0 Å². The summed E-state index contributed by atoms with van der Waals surface area (Å²) in [6.07, 6.45) is 6.39. The molecule has 0 aliphatic carbocycles. The number of furan rings is 1. The van der Waals surface area contributed by atoms with Crippen LogP contribution in [0.25, 0.3) is 6.08 Å². The molecule has 1 fully saturated rings. The molecule has 2 aromatic rings. The smallest absolute Gasteiger partial charge is 0.248 e. The molecule has 0 spiro atoms. The molecular formula is C21H27N3O5S. The lowest BCUT2D eigenvalue weighted by Crippen LogP contribution is -2.40. The van der Waals surface area contributed by atoms with Crippen molar-refractivity contribution in [2.45, 2.75) is 24.7 Å². The summed E-state index contributed by atoms with van der Waals surface area (Å²) in [6.45, 7) is 4.17. The standard InChI is InChI=1S/C21H27N3O5S/c1-2-3-10-22-19-8-7-18(30(26,27)24-11-14-28-15-12-24)16-20(19)23-21(25)9-6-17-5-4-13-29-17/h4-9,13,16,22H,2-3,10-12,14-15H2,1H3,(H,23,25)/b9-6+. The lowest BCUT2D eigenvalue weighted by Gasteiger charge is -2.26. The minimum absolute atomic E-state index is 0.135. The third-order valence-corrected chi connectivity index (χ3v) is 6.54. The number of anilines is 2. The van der Waals surface area contributed by atoms with E-state index in [1.807, 2.05) is 0 Å². The van der Waals surface area contributed by atoms with E-state index in [-0.39, 0.29) is 10.8 Å². The molecule has 0 bridgehead atoms. The quantitative estimate of drug-likeness (QED) is 0.465. The first kappa shape index (κ1) is 22.1. The lowest BCUT2D eigenvalue weighted by atomic mass is 10.2. The Labute approximate surface area is 176 Å². The Morgan fingerprint density at radius 3 is 2.70 bits per heavy atom. The molecule has 162 valence electrons. The Morgan fingerprint density at radius 1 is 1.20 bits per heavy atom. The minimum atomic E-state index is -3.67. The average Bonchev–Trinajstić information content (AvgIpc) is 3.28. The van der Waals surface area contributed by atoms with Gasteiger partial charge in [-0.05, 0) is 42.8 Å². The van der Waals surface area contributed by atoms with Gasteiger partial charge in [-0.25, -0.2) is 8.42 Å². The second-order valence-corrected chi connectivity index (χ2v) is 8.78. The minimum Gasteiger partial charge on any atom is -0.465 e. The first-order chi connectivity index (χ1) is 14.5. The van der Waals surface area contributed by atoms with Crippen molar-refractivity contribution in [2.24, 2.45) is 0 Å². The fourth-order valence-corrected chi connectivity index (χ4v) is 4.43. The van der Waals surface area contributed by atoms with E-state index in [4.69, 9.17) is 9.15 Å². The summed E-state index contributed by atoms with van der Waals surface area (Å²) in [5.41, 5.74) is 1.08. The second-order valence-electron chi connectivity index (χ2n) is 6.84. The molecule has 30 heavy (non-hydrogen) atoms. The predicted molar refractivity (Wildman–Crippen MR) is 116 cm³/mol. The highest BCUT2D eigenvalue weighted by atomic mass is 32.2. The Bertz CT molecular complexity index is 965. The number of carbonyl (C=O) groups excluding carboxylic acids is 1. The van der Waals surface area contributed by atoms with Crippen molar-refractivity contribution in [1.82, 2.24) is 4.31 Å². The number of hydrogen-bond donors (Lipinski definition) is 2. The van der Waals surface area contributed by atoms with Crippen LogP contribution in [0.15, 0.2) is 52.0 Å². The number of sulfonamides is 1. The van der Waals surface area contributed by atoms with Crippen LogP contribution in [-0.4, -0.2) is 51.5 Å². The summed E-state index contributed by atoms with van der Waals surface area (Å²) in [7, 11) is -3.67. The van der Waals surface area contributed by atoms with Gasteiger partial charge in [-0.15, -0.1) is 0 Å². The first-order valence-electron chi connectivity index (χ1n) is 9.99. The Hall–Kier alpha value is -2.62. The van der Waals surface area contributed by atoms with E-state index in [0.29, 0.717) is 43.4 Å². The van der Waals surface area contributed by atoms with Crippen molar-refractivity contribution in [2.75, 3.05) is 43.5 Å². The number of rotatable bonds is 9. The van der Waals surface area contributed by atoms with Crippen molar-refractivity contribution in [3.8, 4) is 0 Å². The second kappa shape index (κ2) is 10.4. The maximum Gasteiger partial charge on any atom is 0.248 e. The number of morpholine rings is 1. The Kier molecular flexibility index (Phi) is 7.67. The molecule has 1 aliphatic rings. The van der Waals surface area contributed by atoms with Crippen LogP contribution in [0.3, 0.4) is 0 Å². The number of hydrogen-bond acceptors (Lipinski definition) is 6. The van der Waals surface area contributed by atoms with Crippen molar-refractivity contribution in [1.29, 1.82) is 0 Å². The van der Waals surface area contributed by atoms with E-state index < -0.39 is 10.0 Å². The zero-order chi connectivity index (χ0) is 21.4. The molecule has 2 N–H and O–H groups in total. The Balaban J connectivity index is 1.83. The number of benzene rings is 1. The highest BCUT2D eigenvalue weighted by molar-refractivity contribution is 7.89. The van der Waals surface area contributed by atoms with Gasteiger partial charge in [0, 0.05) is 25.7 Å². The van der Waals surface area contributed by atoms with Gasteiger partial charge in [-0.1, -0.05) is 13.3 Å². The highest BCUT2D eigenvalue weighted by Crippen LogP contribution is 2.28. The van der Waals surface area contributed by atoms with E-state index in [9.17, 15) is 13.2 Å². The number of ether oxygens (including phenoxy) is 1. The topological polar surface area (TPSA) is 101 Å². The molecule has 8 nitrogen and oxygen atoms in total. The highest BCUT2D eigenvalue weighted by Gasteiger charge is 2.27. The summed E-state index contributed by atoms with van der Waals surface area (Å²) in [5.74, 6) is 0.168. The number of carbonyl (C=O) groups is 1. The molecule has 2 heterocycles. The Morgan fingerprint density at radius 2 is 2.00 bits per heavy atom. The molecule has 1 aromatic heterocycles. The van der Waals surface area contributed by atoms with Crippen molar-refractivity contribution >= 4 is 33.4 Å². The fraction of sp³-hybridized carbons (Fsp3) is 0.381. The fourth-order valence-electron chi connectivity index (χ4n) is 3.00. The van der Waals surface area contributed by atoms with Gasteiger partial charge < -0.3 is 19.8 Å². The van der Waals surface area contributed by atoms with Crippen LogP contribution < -0.4 is 10.6 Å². The number of nitrogens with zero attached hydrogens (tertiary/aromatic N) is 1. The SMILES string of the molecule is CCCCNc1ccc(S(=O)(=O)N2CCOCC2)cc1NC(=O)/C=C/c1ccco1. The zero-order valence-corrected chi connectivity index (χ0v) is 17.8. The van der Waals surface area contributed by atoms with Crippen LogP contribution in [0.4, 0.5) is 11.4 Å². The van der Waals surface area contributed by atoms with E-state index in [0.717, 1.165) is 19.4 Å². The maximum atomic E-state index is 13.0. The largest absolute Gasteiger partial charge is 0.465 e. The third-order valence-electron chi connectivity index (χ3n) is 4.64. The van der Waals surface area contributed by atoms with Crippen LogP contribution in [-0.2, 0) is 19.6 Å². The van der Waals surface area contributed by atoms with Gasteiger partial charge in [0.25, 0.3) is 0 Å². The zero-order valence-electron chi connectivity index (χ0n) is 17.0. The van der Waals surface area contributed by atoms with Gasteiger partial charge >= 0.3 is 0 Å². The van der Waals surface area contributed by atoms with Crippen molar-refractivity contribution < 1.29 is 22.4 Å². The monoisotopic (exact) mass is 433 g/mol. The predicted octanol–water partition coefficient (Wildman–Crippen LogP) is 3.16. The number of nitrogens with one attached hydrogen (secondary N) is 2. The average molecular weight is 434 g/mol. The molecule has 0 atom stereocenters. The van der Waals surface area contributed by atoms with Crippen molar-refractivity contribution in [3.05, 3.63) is 48.4 Å². The first-order valence-corrected chi connectivity index (χ1v) is 11.4. The van der Waals surface area contributed by atoms with Crippen LogP contribution >= 0.6 is 0 Å². The van der Waals surface area contributed by atoms with Gasteiger partial charge in [0.05, 0.1) is 35.7 Å². The molecule has 1 aliphatic heterocycles. The molecule has 0 radical (unpaired) electrons. The number of unbranched alkanes of at least 4 members (excludes halogenated alkanes) is 1. The number of amides is 1. The molecule has 1 amide bonds. The van der Waals surface area contributed by atoms with E-state index in [2.05, 4.69) is 17.6 Å². The van der Waals surface area contributed by atoms with Gasteiger partial charge in [0.1, 0.15) is 5.76 Å². The molecule has 1 saturated heterocycles. The molecule has 1 aromatic carbocycles.